The van der Waals surface area contributed by atoms with Crippen LogP contribution in [0.4, 0.5) is 18.9 Å². The number of sulfonamides is 1. The number of aryl methyl sites for hydroxylation is 1. The molecule has 33 heavy (non-hydrogen) atoms. The first-order valence-electron chi connectivity index (χ1n) is 10.3. The van der Waals surface area contributed by atoms with E-state index < -0.39 is 34.2 Å². The largest absolute Gasteiger partial charge is 0.495 e. The van der Waals surface area contributed by atoms with Crippen molar-refractivity contribution in [2.75, 3.05) is 31.1 Å². The number of hydrogen-bond donors (Lipinski definition) is 1. The van der Waals surface area contributed by atoms with E-state index in [0.717, 1.165) is 25.0 Å². The van der Waals surface area contributed by atoms with E-state index in [1.165, 1.54) is 25.3 Å². The SMILES string of the molecule is COc1ccc(C)cc1S(=O)(=O)N(CC(=O)NC[C@H]1CCCO1)c1cccc(C(F)(F)F)c1. The molecule has 180 valence electrons. The summed E-state index contributed by atoms with van der Waals surface area (Å²) in [6.07, 6.45) is -3.24. The maximum absolute atomic E-state index is 13.6. The van der Waals surface area contributed by atoms with Gasteiger partial charge < -0.3 is 14.8 Å². The number of halogens is 3. The summed E-state index contributed by atoms with van der Waals surface area (Å²) in [5, 5.41) is 2.61. The Labute approximate surface area is 190 Å². The minimum absolute atomic E-state index is 0.0114. The number of benzene rings is 2. The number of nitrogens with one attached hydrogen (secondary N) is 1. The molecule has 0 bridgehead atoms. The number of amides is 1. The third-order valence-electron chi connectivity index (χ3n) is 5.19. The lowest BCUT2D eigenvalue weighted by atomic mass is 10.2. The Hall–Kier alpha value is -2.79. The molecule has 0 aliphatic carbocycles. The number of methoxy groups -OCH3 is 1. The summed E-state index contributed by atoms with van der Waals surface area (Å²) < 4.78 is 78.3. The first kappa shape index (κ1) is 24.8. The zero-order valence-corrected chi connectivity index (χ0v) is 19.0. The lowest BCUT2D eigenvalue weighted by Crippen LogP contribution is -2.43. The molecule has 0 saturated carbocycles. The van der Waals surface area contributed by atoms with Gasteiger partial charge in [0.1, 0.15) is 17.2 Å². The fraction of sp³-hybridized carbons (Fsp3) is 0.409. The molecule has 1 heterocycles. The van der Waals surface area contributed by atoms with Crippen LogP contribution < -0.4 is 14.4 Å². The molecule has 1 fully saturated rings. The fourth-order valence-electron chi connectivity index (χ4n) is 3.48. The number of alkyl halides is 3. The van der Waals surface area contributed by atoms with Gasteiger partial charge in [-0.25, -0.2) is 8.42 Å². The molecule has 0 aromatic heterocycles. The van der Waals surface area contributed by atoms with Crippen molar-refractivity contribution in [3.05, 3.63) is 53.6 Å². The highest BCUT2D eigenvalue weighted by Gasteiger charge is 2.34. The summed E-state index contributed by atoms with van der Waals surface area (Å²) in [5.74, 6) is -0.657. The summed E-state index contributed by atoms with van der Waals surface area (Å²) >= 11 is 0. The number of nitrogens with zero attached hydrogens (tertiary/aromatic N) is 1. The molecular formula is C22H25F3N2O5S. The Morgan fingerprint density at radius 3 is 2.64 bits per heavy atom. The molecule has 1 aliphatic heterocycles. The summed E-state index contributed by atoms with van der Waals surface area (Å²) in [7, 11) is -3.18. The molecule has 1 amide bonds. The third kappa shape index (κ3) is 5.97. The molecule has 3 rings (SSSR count). The minimum atomic E-state index is -4.69. The van der Waals surface area contributed by atoms with Crippen LogP contribution in [0.5, 0.6) is 5.75 Å². The predicted octanol–water partition coefficient (Wildman–Crippen LogP) is 3.51. The Kier molecular flexibility index (Phi) is 7.53. The van der Waals surface area contributed by atoms with Crippen LogP contribution in [0.1, 0.15) is 24.0 Å². The van der Waals surface area contributed by atoms with E-state index >= 15 is 0 Å². The zero-order chi connectivity index (χ0) is 24.2. The molecule has 1 aliphatic rings. The van der Waals surface area contributed by atoms with Gasteiger partial charge in [0.15, 0.2) is 0 Å². The number of carbonyl (C=O) groups excluding carboxylic acids is 1. The summed E-state index contributed by atoms with van der Waals surface area (Å²) in [4.78, 5) is 12.4. The molecule has 1 N–H and O–H groups in total. The van der Waals surface area contributed by atoms with Gasteiger partial charge >= 0.3 is 6.18 Å². The number of anilines is 1. The van der Waals surface area contributed by atoms with Crippen LogP contribution in [-0.4, -0.2) is 47.2 Å². The minimum Gasteiger partial charge on any atom is -0.495 e. The highest BCUT2D eigenvalue weighted by molar-refractivity contribution is 7.93. The molecule has 0 unspecified atom stereocenters. The smallest absolute Gasteiger partial charge is 0.416 e. The van der Waals surface area contributed by atoms with Crippen LogP contribution in [0.15, 0.2) is 47.4 Å². The van der Waals surface area contributed by atoms with Crippen LogP contribution in [0.2, 0.25) is 0 Å². The molecule has 2 aromatic carbocycles. The van der Waals surface area contributed by atoms with Crippen LogP contribution in [0.25, 0.3) is 0 Å². The van der Waals surface area contributed by atoms with Gasteiger partial charge in [0.2, 0.25) is 5.91 Å². The second kappa shape index (κ2) is 10.0. The lowest BCUT2D eigenvalue weighted by molar-refractivity contribution is -0.137. The van der Waals surface area contributed by atoms with Gasteiger partial charge in [-0.1, -0.05) is 12.1 Å². The van der Waals surface area contributed by atoms with Crippen molar-refractivity contribution in [2.24, 2.45) is 0 Å². The molecule has 1 saturated heterocycles. The van der Waals surface area contributed by atoms with E-state index in [2.05, 4.69) is 5.32 Å². The normalized spacial score (nSPS) is 16.5. The van der Waals surface area contributed by atoms with Gasteiger partial charge in [0.25, 0.3) is 10.0 Å². The maximum atomic E-state index is 13.6. The first-order chi connectivity index (χ1) is 15.5. The van der Waals surface area contributed by atoms with E-state index in [9.17, 15) is 26.4 Å². The fourth-order valence-corrected chi connectivity index (χ4v) is 5.13. The van der Waals surface area contributed by atoms with Gasteiger partial charge in [-0.15, -0.1) is 0 Å². The number of ether oxygens (including phenoxy) is 2. The predicted molar refractivity (Wildman–Crippen MR) is 116 cm³/mol. The van der Waals surface area contributed by atoms with Crippen LogP contribution >= 0.6 is 0 Å². The Bertz CT molecular complexity index is 1100. The first-order valence-corrected chi connectivity index (χ1v) is 11.7. The molecule has 1 atom stereocenters. The van der Waals surface area contributed by atoms with E-state index in [0.29, 0.717) is 22.5 Å². The van der Waals surface area contributed by atoms with E-state index in [1.807, 2.05) is 0 Å². The third-order valence-corrected chi connectivity index (χ3v) is 6.98. The molecular weight excluding hydrogens is 461 g/mol. The van der Waals surface area contributed by atoms with Crippen molar-refractivity contribution in [1.29, 1.82) is 0 Å². The van der Waals surface area contributed by atoms with Crippen molar-refractivity contribution in [2.45, 2.75) is 36.9 Å². The second-order valence-electron chi connectivity index (χ2n) is 7.65. The highest BCUT2D eigenvalue weighted by atomic mass is 32.2. The Balaban J connectivity index is 2.00. The molecule has 11 heteroatoms. The van der Waals surface area contributed by atoms with Crippen molar-refractivity contribution in [1.82, 2.24) is 5.32 Å². The molecule has 0 spiro atoms. The number of hydrogen-bond acceptors (Lipinski definition) is 5. The summed E-state index contributed by atoms with van der Waals surface area (Å²) in [6, 6.07) is 8.27. The van der Waals surface area contributed by atoms with Crippen molar-refractivity contribution >= 4 is 21.6 Å². The maximum Gasteiger partial charge on any atom is 0.416 e. The van der Waals surface area contributed by atoms with Gasteiger partial charge in [-0.3, -0.25) is 9.10 Å². The van der Waals surface area contributed by atoms with Crippen LogP contribution in [0, 0.1) is 6.92 Å². The van der Waals surface area contributed by atoms with Gasteiger partial charge in [-0.05, 0) is 55.7 Å². The highest BCUT2D eigenvalue weighted by Crippen LogP contribution is 2.35. The van der Waals surface area contributed by atoms with Crippen molar-refractivity contribution in [3.63, 3.8) is 0 Å². The van der Waals surface area contributed by atoms with Gasteiger partial charge in [0.05, 0.1) is 24.5 Å². The number of rotatable bonds is 8. The van der Waals surface area contributed by atoms with E-state index in [1.54, 1.807) is 13.0 Å². The summed E-state index contributed by atoms with van der Waals surface area (Å²) in [5.41, 5.74) is -0.724. The monoisotopic (exact) mass is 486 g/mol. The van der Waals surface area contributed by atoms with Crippen molar-refractivity contribution in [3.8, 4) is 5.75 Å². The van der Waals surface area contributed by atoms with E-state index in [4.69, 9.17) is 9.47 Å². The molecule has 0 radical (unpaired) electrons. The topological polar surface area (TPSA) is 84.9 Å². The molecule has 7 nitrogen and oxygen atoms in total. The average molecular weight is 487 g/mol. The quantitative estimate of drug-likeness (QED) is 0.617. The van der Waals surface area contributed by atoms with Gasteiger partial charge in [-0.2, -0.15) is 13.2 Å². The standard InChI is InChI=1S/C22H25F3N2O5S/c1-15-8-9-19(31-2)20(11-15)33(29,30)27(14-21(28)26-13-18-7-4-10-32-18)17-6-3-5-16(12-17)22(23,24)25/h3,5-6,8-9,11-12,18H,4,7,10,13-14H2,1-2H3,(H,26,28)/t18-/m1/s1. The second-order valence-corrected chi connectivity index (χ2v) is 9.48. The Morgan fingerprint density at radius 2 is 2.00 bits per heavy atom. The van der Waals surface area contributed by atoms with Crippen LogP contribution in [0.3, 0.4) is 0 Å². The number of carbonyl (C=O) groups is 1. The van der Waals surface area contributed by atoms with E-state index in [-0.39, 0.29) is 29.0 Å². The van der Waals surface area contributed by atoms with Crippen LogP contribution in [-0.2, 0) is 25.7 Å². The average Bonchev–Trinajstić information content (AvgIpc) is 3.29. The summed E-state index contributed by atoms with van der Waals surface area (Å²) in [6.45, 7) is 1.72. The van der Waals surface area contributed by atoms with Crippen molar-refractivity contribution < 1.29 is 35.9 Å². The Morgan fingerprint density at radius 1 is 1.24 bits per heavy atom. The zero-order valence-electron chi connectivity index (χ0n) is 18.2. The molecule has 2 aromatic rings. The lowest BCUT2D eigenvalue weighted by Gasteiger charge is -2.26. The van der Waals surface area contributed by atoms with Gasteiger partial charge in [0, 0.05) is 13.2 Å².